The maximum atomic E-state index is 11.3. The predicted molar refractivity (Wildman–Crippen MR) is 90.7 cm³/mol. The second kappa shape index (κ2) is 5.69. The van der Waals surface area contributed by atoms with E-state index >= 15 is 0 Å². The number of benzene rings is 1. The first-order valence-electron chi connectivity index (χ1n) is 6.86. The molecule has 110 valence electrons. The third kappa shape index (κ3) is 2.65. The Balaban J connectivity index is 2.21. The van der Waals surface area contributed by atoms with Gasteiger partial charge in [0.15, 0.2) is 4.77 Å². The summed E-state index contributed by atoms with van der Waals surface area (Å²) in [6.45, 7) is 2.12. The molecule has 3 rings (SSSR count). The van der Waals surface area contributed by atoms with Crippen LogP contribution in [0.1, 0.15) is 19.4 Å². The third-order valence-corrected chi connectivity index (χ3v) is 4.82. The van der Waals surface area contributed by atoms with E-state index in [1.165, 1.54) is 0 Å². The van der Waals surface area contributed by atoms with Crippen LogP contribution in [0.15, 0.2) is 30.5 Å². The zero-order valence-corrected chi connectivity index (χ0v) is 13.6. The molecule has 0 saturated heterocycles. The van der Waals surface area contributed by atoms with Gasteiger partial charge in [0.05, 0.1) is 22.7 Å². The summed E-state index contributed by atoms with van der Waals surface area (Å²) in [5, 5.41) is 1.09. The number of fused-ring (bicyclic) bond motifs is 3. The van der Waals surface area contributed by atoms with Gasteiger partial charge in [0, 0.05) is 34.2 Å². The predicted octanol–water partition coefficient (Wildman–Crippen LogP) is 3.58. The summed E-state index contributed by atoms with van der Waals surface area (Å²) in [5.41, 5.74) is 2.99. The van der Waals surface area contributed by atoms with Crippen molar-refractivity contribution in [3.05, 3.63) is 35.2 Å². The van der Waals surface area contributed by atoms with Gasteiger partial charge in [-0.15, -0.1) is 0 Å². The van der Waals surface area contributed by atoms with Crippen molar-refractivity contribution in [1.29, 1.82) is 0 Å². The van der Waals surface area contributed by atoms with Crippen LogP contribution < -0.4 is 0 Å². The van der Waals surface area contributed by atoms with Crippen LogP contribution in [0.5, 0.6) is 0 Å². The molecule has 1 N–H and O–H groups in total. The van der Waals surface area contributed by atoms with E-state index in [0.717, 1.165) is 28.4 Å². The maximum Gasteiger partial charge on any atom is 0.178 e. The number of rotatable bonds is 4. The molecule has 4 nitrogen and oxygen atoms in total. The largest absolute Gasteiger partial charge is 0.329 e. The molecule has 3 aromatic rings. The minimum atomic E-state index is -0.785. The molecule has 6 heteroatoms. The van der Waals surface area contributed by atoms with E-state index in [4.69, 9.17) is 12.2 Å². The van der Waals surface area contributed by atoms with Crippen molar-refractivity contribution in [2.24, 2.45) is 0 Å². The van der Waals surface area contributed by atoms with E-state index in [1.807, 2.05) is 24.4 Å². The number of aromatic nitrogens is 3. The molecular formula is C15H17N3OS2. The highest BCUT2D eigenvalue weighted by atomic mass is 32.2. The van der Waals surface area contributed by atoms with Gasteiger partial charge in [-0.3, -0.25) is 9.19 Å². The SMILES string of the molecule is CC(CCS(C)=O)n1c(=S)[nH]c2cnc3ccccc3c21. The summed E-state index contributed by atoms with van der Waals surface area (Å²) in [6, 6.07) is 8.25. The zero-order chi connectivity index (χ0) is 15.0. The quantitative estimate of drug-likeness (QED) is 0.748. The Morgan fingerprint density at radius 2 is 2.19 bits per heavy atom. The minimum absolute atomic E-state index is 0.195. The lowest BCUT2D eigenvalue weighted by molar-refractivity contribution is 0.540. The van der Waals surface area contributed by atoms with E-state index < -0.39 is 10.8 Å². The molecule has 21 heavy (non-hydrogen) atoms. The van der Waals surface area contributed by atoms with Crippen molar-refractivity contribution in [3.8, 4) is 0 Å². The Kier molecular flexibility index (Phi) is 3.91. The number of hydrogen-bond acceptors (Lipinski definition) is 3. The van der Waals surface area contributed by atoms with Crippen LogP contribution in [0.25, 0.3) is 21.9 Å². The van der Waals surface area contributed by atoms with E-state index in [-0.39, 0.29) is 6.04 Å². The van der Waals surface area contributed by atoms with Crippen molar-refractivity contribution in [3.63, 3.8) is 0 Å². The molecule has 0 fully saturated rings. The molecule has 2 aromatic heterocycles. The van der Waals surface area contributed by atoms with Crippen LogP contribution in [-0.2, 0) is 10.8 Å². The van der Waals surface area contributed by atoms with Crippen LogP contribution in [0.2, 0.25) is 0 Å². The molecule has 2 unspecified atom stereocenters. The van der Waals surface area contributed by atoms with Gasteiger partial charge in [0.1, 0.15) is 0 Å². The first-order valence-corrected chi connectivity index (χ1v) is 8.99. The third-order valence-electron chi connectivity index (χ3n) is 3.71. The minimum Gasteiger partial charge on any atom is -0.329 e. The maximum absolute atomic E-state index is 11.3. The number of aromatic amines is 1. The van der Waals surface area contributed by atoms with Crippen LogP contribution in [0, 0.1) is 4.77 Å². The fourth-order valence-corrected chi connectivity index (χ4v) is 3.70. The molecular weight excluding hydrogens is 302 g/mol. The van der Waals surface area contributed by atoms with Gasteiger partial charge in [0.2, 0.25) is 0 Å². The normalized spacial score (nSPS) is 14.6. The summed E-state index contributed by atoms with van der Waals surface area (Å²) in [7, 11) is -0.785. The number of H-pyrrole nitrogens is 1. The van der Waals surface area contributed by atoms with Gasteiger partial charge in [-0.25, -0.2) is 0 Å². The lowest BCUT2D eigenvalue weighted by Crippen LogP contribution is -2.09. The first kappa shape index (κ1) is 14.4. The summed E-state index contributed by atoms with van der Waals surface area (Å²) >= 11 is 5.48. The number of para-hydroxylation sites is 1. The lowest BCUT2D eigenvalue weighted by Gasteiger charge is -2.14. The average Bonchev–Trinajstić information content (AvgIpc) is 2.81. The second-order valence-corrected chi connectivity index (χ2v) is 7.19. The van der Waals surface area contributed by atoms with Crippen LogP contribution in [0.4, 0.5) is 0 Å². The van der Waals surface area contributed by atoms with Gasteiger partial charge in [-0.1, -0.05) is 18.2 Å². The van der Waals surface area contributed by atoms with Gasteiger partial charge in [0.25, 0.3) is 0 Å². The molecule has 0 spiro atoms. The van der Waals surface area contributed by atoms with Crippen LogP contribution in [-0.4, -0.2) is 30.8 Å². The number of nitrogens with zero attached hydrogens (tertiary/aromatic N) is 2. The highest BCUT2D eigenvalue weighted by Crippen LogP contribution is 2.27. The standard InChI is InChI=1S/C15H17N3OS2/c1-10(7-8-21(2)19)18-14-11-5-3-4-6-12(11)16-9-13(14)17-15(18)20/h3-6,9-10H,7-8H2,1-2H3,(H,17,20). The van der Waals surface area contributed by atoms with Gasteiger partial charge < -0.3 is 9.55 Å². The fraction of sp³-hybridized carbons (Fsp3) is 0.333. The number of nitrogens with one attached hydrogen (secondary N) is 1. The lowest BCUT2D eigenvalue weighted by atomic mass is 10.1. The highest BCUT2D eigenvalue weighted by molar-refractivity contribution is 7.84. The number of hydrogen-bond donors (Lipinski definition) is 1. The van der Waals surface area contributed by atoms with Crippen molar-refractivity contribution in [1.82, 2.24) is 14.5 Å². The molecule has 0 aliphatic rings. The summed E-state index contributed by atoms with van der Waals surface area (Å²) in [4.78, 5) is 7.69. The van der Waals surface area contributed by atoms with Crippen molar-refractivity contribution in [2.75, 3.05) is 12.0 Å². The van der Waals surface area contributed by atoms with Gasteiger partial charge in [-0.05, 0) is 31.6 Å². The Bertz CT molecular complexity index is 881. The zero-order valence-electron chi connectivity index (χ0n) is 12.0. The van der Waals surface area contributed by atoms with Crippen molar-refractivity contribution >= 4 is 45.0 Å². The molecule has 2 atom stereocenters. The molecule has 0 radical (unpaired) electrons. The number of imidazole rings is 1. The molecule has 0 aliphatic heterocycles. The van der Waals surface area contributed by atoms with Crippen LogP contribution in [0.3, 0.4) is 0 Å². The van der Waals surface area contributed by atoms with E-state index in [9.17, 15) is 4.21 Å². The molecule has 0 aliphatic carbocycles. The molecule has 1 aromatic carbocycles. The van der Waals surface area contributed by atoms with Crippen LogP contribution >= 0.6 is 12.2 Å². The first-order chi connectivity index (χ1) is 10.1. The van der Waals surface area contributed by atoms with E-state index in [0.29, 0.717) is 10.5 Å². The van der Waals surface area contributed by atoms with Gasteiger partial charge >= 0.3 is 0 Å². The highest BCUT2D eigenvalue weighted by Gasteiger charge is 2.14. The summed E-state index contributed by atoms with van der Waals surface area (Å²) < 4.78 is 14.2. The smallest absolute Gasteiger partial charge is 0.178 e. The van der Waals surface area contributed by atoms with Crippen molar-refractivity contribution in [2.45, 2.75) is 19.4 Å². The molecule has 0 bridgehead atoms. The Morgan fingerprint density at radius 3 is 2.95 bits per heavy atom. The number of pyridine rings is 1. The fourth-order valence-electron chi connectivity index (χ4n) is 2.64. The molecule has 0 amide bonds. The molecule has 0 saturated carbocycles. The summed E-state index contributed by atoms with van der Waals surface area (Å²) in [5.74, 6) is 0.679. The topological polar surface area (TPSA) is 50.7 Å². The summed E-state index contributed by atoms with van der Waals surface area (Å²) in [6.07, 6.45) is 4.40. The Hall–Kier alpha value is -1.53. The second-order valence-electron chi connectivity index (χ2n) is 5.25. The van der Waals surface area contributed by atoms with E-state index in [1.54, 1.807) is 6.26 Å². The van der Waals surface area contributed by atoms with E-state index in [2.05, 4.69) is 27.5 Å². The monoisotopic (exact) mass is 319 g/mol. The van der Waals surface area contributed by atoms with Gasteiger partial charge in [-0.2, -0.15) is 0 Å². The molecule has 2 heterocycles. The Labute approximate surface area is 130 Å². The Morgan fingerprint density at radius 1 is 1.43 bits per heavy atom. The van der Waals surface area contributed by atoms with Crippen molar-refractivity contribution < 1.29 is 4.21 Å². The average molecular weight is 319 g/mol.